The molecular formula is C15H18FN3. The molecule has 0 unspecified atom stereocenters. The van der Waals surface area contributed by atoms with Crippen LogP contribution in [-0.4, -0.2) is 18.1 Å². The molecule has 0 aliphatic rings. The number of hydrogen-bond donors (Lipinski definition) is 1. The molecule has 4 heteroatoms. The van der Waals surface area contributed by atoms with E-state index in [9.17, 15) is 4.39 Å². The molecule has 2 aromatic rings. The second-order valence-electron chi connectivity index (χ2n) is 4.43. The van der Waals surface area contributed by atoms with E-state index in [1.54, 1.807) is 12.3 Å². The number of halogens is 1. The molecule has 0 amide bonds. The van der Waals surface area contributed by atoms with Crippen LogP contribution in [0.25, 0.3) is 0 Å². The molecular weight excluding hydrogens is 241 g/mol. The lowest BCUT2D eigenvalue weighted by atomic mass is 10.2. The lowest BCUT2D eigenvalue weighted by Crippen LogP contribution is -2.21. The number of nitrogens with two attached hydrogens (primary N) is 1. The summed E-state index contributed by atoms with van der Waals surface area (Å²) in [7, 11) is 0. The summed E-state index contributed by atoms with van der Waals surface area (Å²) >= 11 is 0. The lowest BCUT2D eigenvalue weighted by molar-refractivity contribution is 0.627. The fraction of sp³-hybridized carbons (Fsp3) is 0.267. The van der Waals surface area contributed by atoms with E-state index in [4.69, 9.17) is 5.73 Å². The van der Waals surface area contributed by atoms with Crippen molar-refractivity contribution in [1.82, 2.24) is 4.98 Å². The van der Waals surface area contributed by atoms with Crippen molar-refractivity contribution in [2.24, 2.45) is 5.73 Å². The summed E-state index contributed by atoms with van der Waals surface area (Å²) in [4.78, 5) is 6.25. The minimum atomic E-state index is -0.235. The maximum atomic E-state index is 13.4. The summed E-state index contributed by atoms with van der Waals surface area (Å²) in [5, 5.41) is 0. The zero-order valence-corrected chi connectivity index (χ0v) is 11.0. The summed E-state index contributed by atoms with van der Waals surface area (Å²) in [5.74, 6) is -0.235. The van der Waals surface area contributed by atoms with Crippen LogP contribution in [0.3, 0.4) is 0 Å². The zero-order valence-electron chi connectivity index (χ0n) is 11.0. The second kappa shape index (κ2) is 6.29. The predicted molar refractivity (Wildman–Crippen MR) is 76.1 cm³/mol. The molecule has 2 N–H and O–H groups in total. The molecule has 19 heavy (non-hydrogen) atoms. The highest BCUT2D eigenvalue weighted by Crippen LogP contribution is 2.26. The topological polar surface area (TPSA) is 42.1 Å². The van der Waals surface area contributed by atoms with E-state index in [-0.39, 0.29) is 5.82 Å². The van der Waals surface area contributed by atoms with Gasteiger partial charge in [-0.25, -0.2) is 4.39 Å². The van der Waals surface area contributed by atoms with Gasteiger partial charge in [-0.1, -0.05) is 6.07 Å². The summed E-state index contributed by atoms with van der Waals surface area (Å²) in [5.41, 5.74) is 8.35. The number of aromatic nitrogens is 1. The Bertz CT molecular complexity index is 497. The Labute approximate surface area is 112 Å². The molecule has 3 nitrogen and oxygen atoms in total. The van der Waals surface area contributed by atoms with E-state index in [0.717, 1.165) is 30.0 Å². The van der Waals surface area contributed by atoms with Gasteiger partial charge in [0.1, 0.15) is 5.82 Å². The van der Waals surface area contributed by atoms with Crippen LogP contribution in [0.15, 0.2) is 42.6 Å². The number of aryl methyl sites for hydroxylation is 1. The summed E-state index contributed by atoms with van der Waals surface area (Å²) in [6.45, 7) is 3.30. The van der Waals surface area contributed by atoms with E-state index in [1.165, 1.54) is 12.1 Å². The fourth-order valence-electron chi connectivity index (χ4n) is 2.00. The zero-order chi connectivity index (χ0) is 13.7. The molecule has 100 valence electrons. The van der Waals surface area contributed by atoms with E-state index >= 15 is 0 Å². The van der Waals surface area contributed by atoms with Crippen molar-refractivity contribution in [3.63, 3.8) is 0 Å². The minimum Gasteiger partial charge on any atom is -0.341 e. The van der Waals surface area contributed by atoms with Gasteiger partial charge in [0.05, 0.1) is 0 Å². The van der Waals surface area contributed by atoms with Crippen LogP contribution < -0.4 is 10.6 Å². The summed E-state index contributed by atoms with van der Waals surface area (Å²) in [6.07, 6.45) is 2.61. The molecule has 1 aromatic heterocycles. The molecule has 0 aliphatic carbocycles. The molecule has 0 atom stereocenters. The number of hydrogen-bond acceptors (Lipinski definition) is 3. The quantitative estimate of drug-likeness (QED) is 0.897. The first-order valence-corrected chi connectivity index (χ1v) is 6.36. The molecule has 0 saturated heterocycles. The third kappa shape index (κ3) is 3.51. The van der Waals surface area contributed by atoms with Crippen LogP contribution in [-0.2, 0) is 0 Å². The first kappa shape index (κ1) is 13.5. The van der Waals surface area contributed by atoms with Gasteiger partial charge in [0.15, 0.2) is 0 Å². The standard InChI is InChI=1S/C15H18FN3/c1-12-10-15(6-8-18-12)19(9-3-7-17)14-5-2-4-13(16)11-14/h2,4-6,8,10-11H,3,7,9,17H2,1H3. The van der Waals surface area contributed by atoms with Crippen molar-refractivity contribution in [2.75, 3.05) is 18.0 Å². The normalized spacial score (nSPS) is 10.5. The summed E-state index contributed by atoms with van der Waals surface area (Å²) in [6, 6.07) is 10.5. The van der Waals surface area contributed by atoms with Gasteiger partial charge in [0, 0.05) is 29.8 Å². The van der Waals surface area contributed by atoms with Crippen molar-refractivity contribution in [3.8, 4) is 0 Å². The molecule has 1 aromatic carbocycles. The van der Waals surface area contributed by atoms with Crippen LogP contribution in [0.2, 0.25) is 0 Å². The average Bonchev–Trinajstić information content (AvgIpc) is 2.39. The molecule has 0 spiro atoms. The van der Waals surface area contributed by atoms with Crippen LogP contribution in [0.4, 0.5) is 15.8 Å². The highest BCUT2D eigenvalue weighted by atomic mass is 19.1. The number of anilines is 2. The molecule has 0 aliphatic heterocycles. The molecule has 1 heterocycles. The highest BCUT2D eigenvalue weighted by Gasteiger charge is 2.10. The Balaban J connectivity index is 2.35. The van der Waals surface area contributed by atoms with E-state index in [1.807, 2.05) is 25.1 Å². The van der Waals surface area contributed by atoms with Crippen LogP contribution in [0, 0.1) is 12.7 Å². The third-order valence-electron chi connectivity index (χ3n) is 2.90. The van der Waals surface area contributed by atoms with E-state index in [0.29, 0.717) is 6.54 Å². The molecule has 0 fully saturated rings. The van der Waals surface area contributed by atoms with E-state index in [2.05, 4.69) is 9.88 Å². The molecule has 0 bridgehead atoms. The van der Waals surface area contributed by atoms with Gasteiger partial charge >= 0.3 is 0 Å². The molecule has 0 saturated carbocycles. The monoisotopic (exact) mass is 259 g/mol. The predicted octanol–water partition coefficient (Wildman–Crippen LogP) is 3.02. The Hall–Kier alpha value is -1.94. The lowest BCUT2D eigenvalue weighted by Gasteiger charge is -2.25. The van der Waals surface area contributed by atoms with Crippen LogP contribution in [0.1, 0.15) is 12.1 Å². The first-order chi connectivity index (χ1) is 9.20. The highest BCUT2D eigenvalue weighted by molar-refractivity contribution is 5.63. The van der Waals surface area contributed by atoms with Gasteiger partial charge in [0.25, 0.3) is 0 Å². The number of rotatable bonds is 5. The second-order valence-corrected chi connectivity index (χ2v) is 4.43. The Morgan fingerprint density at radius 2 is 2.00 bits per heavy atom. The van der Waals surface area contributed by atoms with Gasteiger partial charge in [-0.3, -0.25) is 4.98 Å². The van der Waals surface area contributed by atoms with Crippen molar-refractivity contribution < 1.29 is 4.39 Å². The van der Waals surface area contributed by atoms with Gasteiger partial charge in [0.2, 0.25) is 0 Å². The van der Waals surface area contributed by atoms with Crippen molar-refractivity contribution in [1.29, 1.82) is 0 Å². The van der Waals surface area contributed by atoms with Crippen molar-refractivity contribution >= 4 is 11.4 Å². The summed E-state index contributed by atoms with van der Waals surface area (Å²) < 4.78 is 13.4. The van der Waals surface area contributed by atoms with Crippen LogP contribution >= 0.6 is 0 Å². The fourth-order valence-corrected chi connectivity index (χ4v) is 2.00. The van der Waals surface area contributed by atoms with Gasteiger partial charge < -0.3 is 10.6 Å². The van der Waals surface area contributed by atoms with Crippen molar-refractivity contribution in [2.45, 2.75) is 13.3 Å². The molecule has 2 rings (SSSR count). The number of benzene rings is 1. The van der Waals surface area contributed by atoms with Gasteiger partial charge in [-0.05, 0) is 50.2 Å². The van der Waals surface area contributed by atoms with E-state index < -0.39 is 0 Å². The smallest absolute Gasteiger partial charge is 0.125 e. The minimum absolute atomic E-state index is 0.235. The Morgan fingerprint density at radius 1 is 1.21 bits per heavy atom. The van der Waals surface area contributed by atoms with Gasteiger partial charge in [-0.2, -0.15) is 0 Å². The molecule has 0 radical (unpaired) electrons. The maximum Gasteiger partial charge on any atom is 0.125 e. The third-order valence-corrected chi connectivity index (χ3v) is 2.90. The SMILES string of the molecule is Cc1cc(N(CCCN)c2cccc(F)c2)ccn1. The number of pyridine rings is 1. The first-order valence-electron chi connectivity index (χ1n) is 6.36. The Morgan fingerprint density at radius 3 is 2.68 bits per heavy atom. The number of nitrogens with zero attached hydrogens (tertiary/aromatic N) is 2. The largest absolute Gasteiger partial charge is 0.341 e. The van der Waals surface area contributed by atoms with Crippen LogP contribution in [0.5, 0.6) is 0 Å². The maximum absolute atomic E-state index is 13.4. The Kier molecular flexibility index (Phi) is 4.47. The average molecular weight is 259 g/mol. The van der Waals surface area contributed by atoms with Crippen molar-refractivity contribution in [3.05, 3.63) is 54.1 Å². The van der Waals surface area contributed by atoms with Gasteiger partial charge in [-0.15, -0.1) is 0 Å².